The van der Waals surface area contributed by atoms with E-state index in [-0.39, 0.29) is 5.91 Å². The van der Waals surface area contributed by atoms with E-state index in [2.05, 4.69) is 25.9 Å². The second kappa shape index (κ2) is 8.10. The van der Waals surface area contributed by atoms with E-state index in [0.717, 1.165) is 27.0 Å². The smallest absolute Gasteiger partial charge is 0.270 e. The number of nitrogens with zero attached hydrogens (tertiary/aromatic N) is 4. The van der Waals surface area contributed by atoms with Crippen LogP contribution in [-0.2, 0) is 6.54 Å². The molecule has 0 aliphatic carbocycles. The van der Waals surface area contributed by atoms with Crippen molar-refractivity contribution in [3.63, 3.8) is 0 Å². The number of rotatable bonds is 6. The Morgan fingerprint density at radius 2 is 2.15 bits per heavy atom. The molecule has 27 heavy (non-hydrogen) atoms. The molecule has 0 atom stereocenters. The molecule has 0 aliphatic heterocycles. The molecule has 0 saturated heterocycles. The maximum absolute atomic E-state index is 13.1. The number of hydrogen-bond donors (Lipinski definition) is 0. The fourth-order valence-electron chi connectivity index (χ4n) is 2.68. The SMILES string of the molecule is O=C(c1ccc(Br)s1)N(CCCn1ccnc1)c1nc2ccc(Cl)cc2s1. The van der Waals surface area contributed by atoms with Gasteiger partial charge in [-0.1, -0.05) is 22.9 Å². The van der Waals surface area contributed by atoms with E-state index in [4.69, 9.17) is 11.6 Å². The number of amides is 1. The van der Waals surface area contributed by atoms with Gasteiger partial charge in [-0.25, -0.2) is 9.97 Å². The summed E-state index contributed by atoms with van der Waals surface area (Å²) < 4.78 is 3.90. The van der Waals surface area contributed by atoms with Gasteiger partial charge in [-0.05, 0) is 52.7 Å². The van der Waals surface area contributed by atoms with Crippen molar-refractivity contribution in [1.29, 1.82) is 0 Å². The zero-order valence-corrected chi connectivity index (χ0v) is 18.0. The predicted molar refractivity (Wildman–Crippen MR) is 115 cm³/mol. The third-order valence-corrected chi connectivity index (χ3v) is 6.84. The van der Waals surface area contributed by atoms with Crippen molar-refractivity contribution in [2.24, 2.45) is 0 Å². The number of carbonyl (C=O) groups excluding carboxylic acids is 1. The first-order chi connectivity index (χ1) is 13.1. The number of carbonyl (C=O) groups is 1. The summed E-state index contributed by atoms with van der Waals surface area (Å²) in [7, 11) is 0. The fraction of sp³-hybridized carbons (Fsp3) is 0.167. The third kappa shape index (κ3) is 4.24. The minimum absolute atomic E-state index is 0.0403. The van der Waals surface area contributed by atoms with Crippen LogP contribution in [0.1, 0.15) is 16.1 Å². The average Bonchev–Trinajstić information content (AvgIpc) is 3.38. The number of anilines is 1. The summed E-state index contributed by atoms with van der Waals surface area (Å²) >= 11 is 12.4. The molecule has 0 saturated carbocycles. The zero-order chi connectivity index (χ0) is 18.8. The van der Waals surface area contributed by atoms with Crippen LogP contribution in [0.3, 0.4) is 0 Å². The highest BCUT2D eigenvalue weighted by atomic mass is 79.9. The fourth-order valence-corrected chi connectivity index (χ4v) is 5.28. The van der Waals surface area contributed by atoms with Crippen molar-refractivity contribution < 1.29 is 4.79 Å². The number of halogens is 2. The Morgan fingerprint density at radius 3 is 2.89 bits per heavy atom. The molecule has 1 aromatic carbocycles. The Morgan fingerprint density at radius 1 is 1.26 bits per heavy atom. The molecule has 0 bridgehead atoms. The van der Waals surface area contributed by atoms with Crippen LogP contribution < -0.4 is 4.90 Å². The van der Waals surface area contributed by atoms with Crippen LogP contribution in [0.2, 0.25) is 5.02 Å². The molecular formula is C18H14BrClN4OS2. The lowest BCUT2D eigenvalue weighted by atomic mass is 10.3. The van der Waals surface area contributed by atoms with Gasteiger partial charge in [0.1, 0.15) is 0 Å². The second-order valence-corrected chi connectivity index (χ2v) is 9.73. The zero-order valence-electron chi connectivity index (χ0n) is 14.0. The van der Waals surface area contributed by atoms with Gasteiger partial charge < -0.3 is 4.57 Å². The highest BCUT2D eigenvalue weighted by Crippen LogP contribution is 2.33. The maximum Gasteiger partial charge on any atom is 0.270 e. The van der Waals surface area contributed by atoms with Crippen LogP contribution >= 0.6 is 50.2 Å². The molecule has 5 nitrogen and oxygen atoms in total. The summed E-state index contributed by atoms with van der Waals surface area (Å²) in [6.45, 7) is 1.36. The average molecular weight is 482 g/mol. The van der Waals surface area contributed by atoms with E-state index in [1.807, 2.05) is 41.1 Å². The lowest BCUT2D eigenvalue weighted by Crippen LogP contribution is -2.31. The van der Waals surface area contributed by atoms with E-state index in [0.29, 0.717) is 21.6 Å². The Balaban J connectivity index is 1.62. The lowest BCUT2D eigenvalue weighted by Gasteiger charge is -2.19. The molecule has 0 radical (unpaired) electrons. The molecule has 3 aromatic heterocycles. The molecule has 4 aromatic rings. The van der Waals surface area contributed by atoms with Crippen molar-refractivity contribution in [2.75, 3.05) is 11.4 Å². The number of thiophene rings is 1. The van der Waals surface area contributed by atoms with Crippen LogP contribution in [0.5, 0.6) is 0 Å². The number of aromatic nitrogens is 3. The monoisotopic (exact) mass is 480 g/mol. The normalized spacial score (nSPS) is 11.2. The van der Waals surface area contributed by atoms with Gasteiger partial charge >= 0.3 is 0 Å². The van der Waals surface area contributed by atoms with E-state index in [9.17, 15) is 4.79 Å². The summed E-state index contributed by atoms with van der Waals surface area (Å²) in [6, 6.07) is 9.31. The summed E-state index contributed by atoms with van der Waals surface area (Å²) in [5, 5.41) is 1.35. The molecule has 3 heterocycles. The lowest BCUT2D eigenvalue weighted by molar-refractivity contribution is 0.0990. The van der Waals surface area contributed by atoms with Crippen molar-refractivity contribution in [2.45, 2.75) is 13.0 Å². The molecule has 4 rings (SSSR count). The van der Waals surface area contributed by atoms with E-state index in [1.165, 1.54) is 22.7 Å². The van der Waals surface area contributed by atoms with Crippen molar-refractivity contribution >= 4 is 71.5 Å². The molecule has 0 N–H and O–H groups in total. The summed E-state index contributed by atoms with van der Waals surface area (Å²) in [6.07, 6.45) is 6.25. The molecule has 0 fully saturated rings. The molecular weight excluding hydrogens is 468 g/mol. The molecule has 9 heteroatoms. The van der Waals surface area contributed by atoms with Crippen molar-refractivity contribution in [1.82, 2.24) is 14.5 Å². The van der Waals surface area contributed by atoms with Crippen LogP contribution in [0.15, 0.2) is 52.8 Å². The van der Waals surface area contributed by atoms with Gasteiger partial charge in [0, 0.05) is 30.5 Å². The molecule has 0 spiro atoms. The van der Waals surface area contributed by atoms with Gasteiger partial charge in [0.05, 0.1) is 25.2 Å². The van der Waals surface area contributed by atoms with Gasteiger partial charge in [0.15, 0.2) is 5.13 Å². The highest BCUT2D eigenvalue weighted by Gasteiger charge is 2.22. The van der Waals surface area contributed by atoms with E-state index in [1.54, 1.807) is 17.4 Å². The van der Waals surface area contributed by atoms with E-state index < -0.39 is 0 Å². The number of aryl methyl sites for hydroxylation is 1. The first-order valence-corrected chi connectivity index (χ1v) is 11.0. The van der Waals surface area contributed by atoms with Gasteiger partial charge in [-0.15, -0.1) is 11.3 Å². The topological polar surface area (TPSA) is 51.0 Å². The van der Waals surface area contributed by atoms with Crippen molar-refractivity contribution in [3.8, 4) is 0 Å². The minimum atomic E-state index is -0.0403. The van der Waals surface area contributed by atoms with Crippen LogP contribution in [0.25, 0.3) is 10.2 Å². The molecule has 138 valence electrons. The highest BCUT2D eigenvalue weighted by molar-refractivity contribution is 9.11. The van der Waals surface area contributed by atoms with E-state index >= 15 is 0 Å². The number of thiazole rings is 1. The molecule has 1 amide bonds. The number of hydrogen-bond acceptors (Lipinski definition) is 5. The Hall–Kier alpha value is -1.74. The van der Waals surface area contributed by atoms with Crippen molar-refractivity contribution in [3.05, 3.63) is 62.7 Å². The molecule has 0 unspecified atom stereocenters. The van der Waals surface area contributed by atoms with Gasteiger partial charge in [0.25, 0.3) is 5.91 Å². The quantitative estimate of drug-likeness (QED) is 0.354. The number of benzene rings is 1. The van der Waals surface area contributed by atoms with Gasteiger partial charge in [-0.3, -0.25) is 9.69 Å². The summed E-state index contributed by atoms with van der Waals surface area (Å²) in [5.41, 5.74) is 0.846. The van der Waals surface area contributed by atoms with Gasteiger partial charge in [-0.2, -0.15) is 0 Å². The first kappa shape index (κ1) is 18.6. The van der Waals surface area contributed by atoms with Gasteiger partial charge in [0.2, 0.25) is 0 Å². The third-order valence-electron chi connectivity index (χ3n) is 3.96. The standard InChI is InChI=1S/C18H14BrClN4OS2/c19-16-5-4-14(26-16)17(25)24(8-1-7-23-9-6-21-11-23)18-22-13-3-2-12(20)10-15(13)27-18/h2-6,9-11H,1,7-8H2. The summed E-state index contributed by atoms with van der Waals surface area (Å²) in [5.74, 6) is -0.0403. The molecule has 0 aliphatic rings. The summed E-state index contributed by atoms with van der Waals surface area (Å²) in [4.78, 5) is 24.3. The number of fused-ring (bicyclic) bond motifs is 1. The minimum Gasteiger partial charge on any atom is -0.337 e. The van der Waals surface area contributed by atoms with Crippen LogP contribution in [0.4, 0.5) is 5.13 Å². The Labute approximate surface area is 177 Å². The van der Waals surface area contributed by atoms with Crippen LogP contribution in [-0.4, -0.2) is 27.0 Å². The number of imidazole rings is 1. The maximum atomic E-state index is 13.1. The predicted octanol–water partition coefficient (Wildman–Crippen LogP) is 5.71. The second-order valence-electron chi connectivity index (χ2n) is 5.82. The van der Waals surface area contributed by atoms with Crippen LogP contribution in [0, 0.1) is 0 Å². The Bertz CT molecular complexity index is 1080. The largest absolute Gasteiger partial charge is 0.337 e. The Kier molecular flexibility index (Phi) is 5.58. The first-order valence-electron chi connectivity index (χ1n) is 8.19.